The van der Waals surface area contributed by atoms with Crippen molar-refractivity contribution in [2.45, 2.75) is 32.4 Å². The number of rotatable bonds is 5. The number of hydrogen-bond acceptors (Lipinski definition) is 5. The Morgan fingerprint density at radius 3 is 2.82 bits per heavy atom. The van der Waals surface area contributed by atoms with Gasteiger partial charge in [-0.3, -0.25) is 4.79 Å². The van der Waals surface area contributed by atoms with Gasteiger partial charge in [0.15, 0.2) is 11.5 Å². The van der Waals surface area contributed by atoms with E-state index in [4.69, 9.17) is 9.47 Å². The summed E-state index contributed by atoms with van der Waals surface area (Å²) in [7, 11) is 0. The third-order valence-electron chi connectivity index (χ3n) is 4.92. The molecule has 0 fully saturated rings. The van der Waals surface area contributed by atoms with E-state index < -0.39 is 12.7 Å². The quantitative estimate of drug-likeness (QED) is 0.842. The Morgan fingerprint density at radius 1 is 1.18 bits per heavy atom. The lowest BCUT2D eigenvalue weighted by Gasteiger charge is -2.35. The van der Waals surface area contributed by atoms with Crippen LogP contribution in [-0.4, -0.2) is 31.9 Å². The van der Waals surface area contributed by atoms with Crippen LogP contribution in [0, 0.1) is 0 Å². The van der Waals surface area contributed by atoms with Gasteiger partial charge < -0.3 is 24.4 Å². The van der Waals surface area contributed by atoms with Crippen LogP contribution >= 0.6 is 0 Å². The average molecular weight is 390 g/mol. The molecule has 2 aliphatic heterocycles. The molecule has 0 aliphatic carbocycles. The van der Waals surface area contributed by atoms with Crippen LogP contribution in [0.25, 0.3) is 0 Å². The molecule has 1 atom stereocenters. The molecule has 0 unspecified atom stereocenters. The maximum atomic E-state index is 12.8. The molecular formula is C20H20F2N2O4. The lowest BCUT2D eigenvalue weighted by Crippen LogP contribution is -2.44. The largest absolute Gasteiger partial charge is 0.454 e. The van der Waals surface area contributed by atoms with Gasteiger partial charge in [-0.2, -0.15) is 8.78 Å². The SMILES string of the molecule is C[C@@H](C(=O)Nc1ccc2c(c1)OCO2)N1CCCc2cc(OC(F)F)ccc21. The van der Waals surface area contributed by atoms with Gasteiger partial charge in [0.05, 0.1) is 0 Å². The van der Waals surface area contributed by atoms with Crippen LogP contribution in [0.5, 0.6) is 17.2 Å². The first kappa shape index (κ1) is 18.3. The summed E-state index contributed by atoms with van der Waals surface area (Å²) in [5.74, 6) is 1.21. The second-order valence-corrected chi connectivity index (χ2v) is 6.70. The molecule has 0 bridgehead atoms. The lowest BCUT2D eigenvalue weighted by molar-refractivity contribution is -0.117. The van der Waals surface area contributed by atoms with E-state index in [0.29, 0.717) is 23.7 Å². The Labute approximate surface area is 161 Å². The molecule has 28 heavy (non-hydrogen) atoms. The molecular weight excluding hydrogens is 370 g/mol. The summed E-state index contributed by atoms with van der Waals surface area (Å²) < 4.78 is 40.0. The molecule has 2 heterocycles. The predicted molar refractivity (Wildman–Crippen MR) is 99.4 cm³/mol. The van der Waals surface area contributed by atoms with E-state index in [9.17, 15) is 13.6 Å². The number of fused-ring (bicyclic) bond motifs is 2. The maximum absolute atomic E-state index is 12.8. The topological polar surface area (TPSA) is 60.0 Å². The second kappa shape index (κ2) is 7.53. The number of carbonyl (C=O) groups is 1. The smallest absolute Gasteiger partial charge is 0.387 e. The number of amides is 1. The predicted octanol–water partition coefficient (Wildman–Crippen LogP) is 3.80. The molecule has 0 spiro atoms. The van der Waals surface area contributed by atoms with Gasteiger partial charge in [0, 0.05) is 24.0 Å². The van der Waals surface area contributed by atoms with E-state index in [1.54, 1.807) is 30.3 Å². The van der Waals surface area contributed by atoms with Gasteiger partial charge in [0.2, 0.25) is 12.7 Å². The molecule has 2 aliphatic rings. The minimum Gasteiger partial charge on any atom is -0.454 e. The minimum absolute atomic E-state index is 0.132. The number of ether oxygens (including phenoxy) is 3. The third kappa shape index (κ3) is 3.67. The van der Waals surface area contributed by atoms with Gasteiger partial charge in [-0.25, -0.2) is 0 Å². The van der Waals surface area contributed by atoms with Gasteiger partial charge in [0.1, 0.15) is 11.8 Å². The van der Waals surface area contributed by atoms with Gasteiger partial charge in [0.25, 0.3) is 0 Å². The summed E-state index contributed by atoms with van der Waals surface area (Å²) in [6.07, 6.45) is 1.58. The fourth-order valence-electron chi connectivity index (χ4n) is 3.54. The number of alkyl halides is 2. The van der Waals surface area contributed by atoms with Crippen molar-refractivity contribution in [2.75, 3.05) is 23.6 Å². The standard InChI is InChI=1S/C20H20F2N2O4/c1-12(19(25)23-14-4-7-17-18(10-14)27-11-26-17)24-8-2-3-13-9-15(28-20(21)22)5-6-16(13)24/h4-7,9-10,12,20H,2-3,8,11H2,1H3,(H,23,25)/t12-/m0/s1. The monoisotopic (exact) mass is 390 g/mol. The summed E-state index contributed by atoms with van der Waals surface area (Å²) in [6, 6.07) is 9.66. The van der Waals surface area contributed by atoms with Crippen LogP contribution in [0.15, 0.2) is 36.4 Å². The van der Waals surface area contributed by atoms with Crippen molar-refractivity contribution in [2.24, 2.45) is 0 Å². The van der Waals surface area contributed by atoms with Crippen molar-refractivity contribution in [3.63, 3.8) is 0 Å². The Kier molecular flexibility index (Phi) is 4.93. The molecule has 148 valence electrons. The highest BCUT2D eigenvalue weighted by atomic mass is 19.3. The van der Waals surface area contributed by atoms with Crippen molar-refractivity contribution in [3.05, 3.63) is 42.0 Å². The first-order chi connectivity index (χ1) is 13.5. The van der Waals surface area contributed by atoms with E-state index >= 15 is 0 Å². The molecule has 0 aromatic heterocycles. The van der Waals surface area contributed by atoms with E-state index in [0.717, 1.165) is 24.1 Å². The van der Waals surface area contributed by atoms with Gasteiger partial charge in [-0.15, -0.1) is 0 Å². The number of benzene rings is 2. The number of anilines is 2. The Bertz CT molecular complexity index is 891. The summed E-state index contributed by atoms with van der Waals surface area (Å²) in [4.78, 5) is 14.8. The van der Waals surface area contributed by atoms with E-state index in [1.807, 2.05) is 11.8 Å². The van der Waals surface area contributed by atoms with Crippen LogP contribution < -0.4 is 24.4 Å². The highest BCUT2D eigenvalue weighted by Crippen LogP contribution is 2.35. The third-order valence-corrected chi connectivity index (χ3v) is 4.92. The number of nitrogens with one attached hydrogen (secondary N) is 1. The highest BCUT2D eigenvalue weighted by Gasteiger charge is 2.27. The van der Waals surface area contributed by atoms with Crippen LogP contribution in [0.2, 0.25) is 0 Å². The normalized spacial score (nSPS) is 15.9. The Balaban J connectivity index is 1.49. The highest BCUT2D eigenvalue weighted by molar-refractivity contribution is 5.97. The molecule has 0 radical (unpaired) electrons. The zero-order valence-electron chi connectivity index (χ0n) is 15.3. The summed E-state index contributed by atoms with van der Waals surface area (Å²) in [5, 5.41) is 2.90. The first-order valence-electron chi connectivity index (χ1n) is 9.06. The summed E-state index contributed by atoms with van der Waals surface area (Å²) >= 11 is 0. The maximum Gasteiger partial charge on any atom is 0.387 e. The van der Waals surface area contributed by atoms with Crippen molar-refractivity contribution in [1.29, 1.82) is 0 Å². The van der Waals surface area contributed by atoms with E-state index in [1.165, 1.54) is 6.07 Å². The van der Waals surface area contributed by atoms with Crippen LogP contribution in [0.1, 0.15) is 18.9 Å². The number of carbonyl (C=O) groups excluding carboxylic acids is 1. The molecule has 4 rings (SSSR count). The molecule has 6 nitrogen and oxygen atoms in total. The van der Waals surface area contributed by atoms with Crippen LogP contribution in [0.3, 0.4) is 0 Å². The molecule has 1 N–H and O–H groups in total. The van der Waals surface area contributed by atoms with Gasteiger partial charge >= 0.3 is 6.61 Å². The van der Waals surface area contributed by atoms with Crippen molar-refractivity contribution < 1.29 is 27.8 Å². The van der Waals surface area contributed by atoms with E-state index in [-0.39, 0.29) is 18.4 Å². The van der Waals surface area contributed by atoms with Gasteiger partial charge in [-0.05, 0) is 55.7 Å². The van der Waals surface area contributed by atoms with Crippen molar-refractivity contribution >= 4 is 17.3 Å². The first-order valence-corrected chi connectivity index (χ1v) is 9.06. The molecule has 0 saturated heterocycles. The summed E-state index contributed by atoms with van der Waals surface area (Å²) in [5.41, 5.74) is 2.38. The average Bonchev–Trinajstić information content (AvgIpc) is 3.14. The molecule has 2 aromatic carbocycles. The number of aryl methyl sites for hydroxylation is 1. The molecule has 0 saturated carbocycles. The second-order valence-electron chi connectivity index (χ2n) is 6.70. The summed E-state index contributed by atoms with van der Waals surface area (Å²) in [6.45, 7) is -0.159. The Morgan fingerprint density at radius 2 is 2.00 bits per heavy atom. The minimum atomic E-state index is -2.86. The van der Waals surface area contributed by atoms with Gasteiger partial charge in [-0.1, -0.05) is 0 Å². The molecule has 8 heteroatoms. The number of hydrogen-bond donors (Lipinski definition) is 1. The molecule has 2 aromatic rings. The van der Waals surface area contributed by atoms with Crippen molar-refractivity contribution in [1.82, 2.24) is 0 Å². The Hall–Kier alpha value is -3.03. The van der Waals surface area contributed by atoms with Crippen LogP contribution in [0.4, 0.5) is 20.2 Å². The van der Waals surface area contributed by atoms with E-state index in [2.05, 4.69) is 10.1 Å². The van der Waals surface area contributed by atoms with Crippen LogP contribution in [-0.2, 0) is 11.2 Å². The fraction of sp³-hybridized carbons (Fsp3) is 0.350. The fourth-order valence-corrected chi connectivity index (χ4v) is 3.54. The zero-order valence-corrected chi connectivity index (χ0v) is 15.3. The number of nitrogens with zero attached hydrogens (tertiary/aromatic N) is 1. The lowest BCUT2D eigenvalue weighted by atomic mass is 9.99. The van der Waals surface area contributed by atoms with Crippen molar-refractivity contribution in [3.8, 4) is 17.2 Å². The number of halogens is 2. The molecule has 1 amide bonds. The zero-order chi connectivity index (χ0) is 19.7.